The number of aliphatic hydroxyl groups excluding tert-OH is 1. The molecule has 0 amide bonds. The van der Waals surface area contributed by atoms with Crippen molar-refractivity contribution in [3.63, 3.8) is 0 Å². The van der Waals surface area contributed by atoms with Gasteiger partial charge in [-0.15, -0.1) is 0 Å². The Morgan fingerprint density at radius 2 is 2.17 bits per heavy atom. The fourth-order valence-corrected chi connectivity index (χ4v) is 2.39. The summed E-state index contributed by atoms with van der Waals surface area (Å²) in [6.07, 6.45) is 4.10. The Hall–Kier alpha value is -0.570. The van der Waals surface area contributed by atoms with E-state index in [1.165, 1.54) is 6.42 Å². The van der Waals surface area contributed by atoms with Crippen LogP contribution in [0.4, 0.5) is 0 Å². The Morgan fingerprint density at radius 3 is 2.92 bits per heavy atom. The molecule has 3 nitrogen and oxygen atoms in total. The average molecular weight is 170 g/mol. The van der Waals surface area contributed by atoms with E-state index in [2.05, 4.69) is 0 Å². The van der Waals surface area contributed by atoms with Gasteiger partial charge in [-0.25, -0.2) is 0 Å². The second-order valence-corrected chi connectivity index (χ2v) is 3.71. The van der Waals surface area contributed by atoms with E-state index in [-0.39, 0.29) is 24.6 Å². The Morgan fingerprint density at radius 1 is 1.42 bits per heavy atom. The number of hydrogen-bond donors (Lipinski definition) is 1. The van der Waals surface area contributed by atoms with Crippen molar-refractivity contribution < 1.29 is 14.6 Å². The molecule has 3 heteroatoms. The highest BCUT2D eigenvalue weighted by atomic mass is 16.6. The van der Waals surface area contributed by atoms with Crippen LogP contribution in [-0.2, 0) is 9.53 Å². The first kappa shape index (κ1) is 8.05. The van der Waals surface area contributed by atoms with Gasteiger partial charge in [-0.1, -0.05) is 12.8 Å². The van der Waals surface area contributed by atoms with E-state index in [0.717, 1.165) is 19.3 Å². The monoisotopic (exact) mass is 170 g/mol. The third-order valence-corrected chi connectivity index (χ3v) is 3.05. The first-order chi connectivity index (χ1) is 5.83. The lowest BCUT2D eigenvalue weighted by atomic mass is 9.78. The van der Waals surface area contributed by atoms with E-state index in [4.69, 9.17) is 9.84 Å². The number of hydrogen-bond acceptors (Lipinski definition) is 3. The minimum atomic E-state index is -0.206. The Kier molecular flexibility index (Phi) is 2.05. The van der Waals surface area contributed by atoms with Crippen LogP contribution in [0.15, 0.2) is 0 Å². The second kappa shape index (κ2) is 3.05. The first-order valence-electron chi connectivity index (χ1n) is 4.64. The molecule has 2 fully saturated rings. The summed E-state index contributed by atoms with van der Waals surface area (Å²) >= 11 is 0. The molecular formula is C9H14O3. The molecule has 1 saturated heterocycles. The van der Waals surface area contributed by atoms with Gasteiger partial charge in [0.05, 0.1) is 12.5 Å². The number of cyclic esters (lactones) is 1. The highest BCUT2D eigenvalue weighted by Gasteiger charge is 2.44. The SMILES string of the molecule is O=C1O[C@H](CO)[C@H]2CCCC[C@@H]12. The molecule has 1 aliphatic carbocycles. The van der Waals surface area contributed by atoms with Crippen molar-refractivity contribution in [3.05, 3.63) is 0 Å². The number of ether oxygens (including phenoxy) is 1. The van der Waals surface area contributed by atoms with E-state index >= 15 is 0 Å². The van der Waals surface area contributed by atoms with Crippen LogP contribution >= 0.6 is 0 Å². The largest absolute Gasteiger partial charge is 0.459 e. The molecule has 2 aliphatic rings. The molecule has 1 heterocycles. The maximum absolute atomic E-state index is 11.2. The molecule has 1 aliphatic heterocycles. The zero-order valence-corrected chi connectivity index (χ0v) is 7.03. The Balaban J connectivity index is 2.10. The summed E-state index contributed by atoms with van der Waals surface area (Å²) in [5.41, 5.74) is 0. The maximum atomic E-state index is 11.2. The van der Waals surface area contributed by atoms with Crippen molar-refractivity contribution in [2.24, 2.45) is 11.8 Å². The van der Waals surface area contributed by atoms with E-state index in [1.807, 2.05) is 0 Å². The summed E-state index contributed by atoms with van der Waals surface area (Å²) < 4.78 is 5.07. The third-order valence-electron chi connectivity index (χ3n) is 3.05. The van der Waals surface area contributed by atoms with Gasteiger partial charge in [0.1, 0.15) is 6.10 Å². The van der Waals surface area contributed by atoms with Crippen LogP contribution in [0.2, 0.25) is 0 Å². The molecular weight excluding hydrogens is 156 g/mol. The number of carbonyl (C=O) groups excluding carboxylic acids is 1. The van der Waals surface area contributed by atoms with Gasteiger partial charge < -0.3 is 9.84 Å². The molecule has 0 bridgehead atoms. The van der Waals surface area contributed by atoms with Gasteiger partial charge in [0.2, 0.25) is 0 Å². The fourth-order valence-electron chi connectivity index (χ4n) is 2.39. The zero-order chi connectivity index (χ0) is 8.55. The van der Waals surface area contributed by atoms with Gasteiger partial charge in [-0.3, -0.25) is 4.79 Å². The molecule has 0 aromatic rings. The van der Waals surface area contributed by atoms with Crippen LogP contribution in [0.25, 0.3) is 0 Å². The van der Waals surface area contributed by atoms with Crippen molar-refractivity contribution in [1.29, 1.82) is 0 Å². The number of rotatable bonds is 1. The van der Waals surface area contributed by atoms with Crippen molar-refractivity contribution in [3.8, 4) is 0 Å². The normalized spacial score (nSPS) is 40.8. The molecule has 68 valence electrons. The van der Waals surface area contributed by atoms with Crippen LogP contribution in [-0.4, -0.2) is 23.8 Å². The predicted molar refractivity (Wildman–Crippen MR) is 42.4 cm³/mol. The maximum Gasteiger partial charge on any atom is 0.309 e. The summed E-state index contributed by atoms with van der Waals surface area (Å²) in [5, 5.41) is 8.95. The van der Waals surface area contributed by atoms with Crippen LogP contribution in [0.3, 0.4) is 0 Å². The van der Waals surface area contributed by atoms with Gasteiger partial charge in [0, 0.05) is 5.92 Å². The Bertz CT molecular complexity index is 190. The van der Waals surface area contributed by atoms with E-state index < -0.39 is 0 Å². The minimum Gasteiger partial charge on any atom is -0.459 e. The highest BCUT2D eigenvalue weighted by molar-refractivity contribution is 5.75. The van der Waals surface area contributed by atoms with E-state index in [9.17, 15) is 4.79 Å². The summed E-state index contributed by atoms with van der Waals surface area (Å²) in [5.74, 6) is 0.311. The van der Waals surface area contributed by atoms with Crippen molar-refractivity contribution >= 4 is 5.97 Å². The number of esters is 1. The molecule has 2 rings (SSSR count). The minimum absolute atomic E-state index is 0.00704. The smallest absolute Gasteiger partial charge is 0.309 e. The van der Waals surface area contributed by atoms with Gasteiger partial charge in [0.25, 0.3) is 0 Å². The summed E-state index contributed by atoms with van der Waals surface area (Å²) in [6, 6.07) is 0. The molecule has 0 aromatic heterocycles. The van der Waals surface area contributed by atoms with Crippen molar-refractivity contribution in [2.75, 3.05) is 6.61 Å². The van der Waals surface area contributed by atoms with Crippen LogP contribution in [0.1, 0.15) is 25.7 Å². The van der Waals surface area contributed by atoms with E-state index in [0.29, 0.717) is 5.92 Å². The topological polar surface area (TPSA) is 46.5 Å². The predicted octanol–water partition coefficient (Wildman–Crippen LogP) is 0.710. The standard InChI is InChI=1S/C9H14O3/c10-5-8-6-3-1-2-4-7(6)9(11)12-8/h6-8,10H,1-5H2/t6-,7+,8+/m0/s1. The number of aliphatic hydroxyl groups is 1. The zero-order valence-electron chi connectivity index (χ0n) is 7.03. The molecule has 1 N–H and O–H groups in total. The lowest BCUT2D eigenvalue weighted by Gasteiger charge is -2.23. The summed E-state index contributed by atoms with van der Waals surface area (Å²) in [7, 11) is 0. The third kappa shape index (κ3) is 1.12. The lowest BCUT2D eigenvalue weighted by molar-refractivity contribution is -0.145. The number of fused-ring (bicyclic) bond motifs is 1. The first-order valence-corrected chi connectivity index (χ1v) is 4.64. The van der Waals surface area contributed by atoms with Gasteiger partial charge in [-0.2, -0.15) is 0 Å². The molecule has 0 radical (unpaired) electrons. The lowest BCUT2D eigenvalue weighted by Crippen LogP contribution is -2.26. The molecule has 0 unspecified atom stereocenters. The average Bonchev–Trinajstić information content (AvgIpc) is 2.44. The van der Waals surface area contributed by atoms with Crippen LogP contribution < -0.4 is 0 Å². The van der Waals surface area contributed by atoms with Gasteiger partial charge in [0.15, 0.2) is 0 Å². The number of carbonyl (C=O) groups is 1. The Labute approximate surface area is 71.7 Å². The fraction of sp³-hybridized carbons (Fsp3) is 0.889. The van der Waals surface area contributed by atoms with Crippen LogP contribution in [0, 0.1) is 11.8 Å². The molecule has 12 heavy (non-hydrogen) atoms. The summed E-state index contributed by atoms with van der Waals surface area (Å²) in [4.78, 5) is 11.2. The quantitative estimate of drug-likeness (QED) is 0.589. The highest BCUT2D eigenvalue weighted by Crippen LogP contribution is 2.39. The molecule has 1 saturated carbocycles. The van der Waals surface area contributed by atoms with Crippen LogP contribution in [0.5, 0.6) is 0 Å². The molecule has 0 aromatic carbocycles. The van der Waals surface area contributed by atoms with Gasteiger partial charge in [-0.05, 0) is 12.8 Å². The second-order valence-electron chi connectivity index (χ2n) is 3.71. The van der Waals surface area contributed by atoms with Crippen molar-refractivity contribution in [2.45, 2.75) is 31.8 Å². The molecule has 3 atom stereocenters. The summed E-state index contributed by atoms with van der Waals surface area (Å²) in [6.45, 7) is -0.00704. The molecule has 0 spiro atoms. The van der Waals surface area contributed by atoms with Crippen molar-refractivity contribution in [1.82, 2.24) is 0 Å². The van der Waals surface area contributed by atoms with Gasteiger partial charge >= 0.3 is 5.97 Å². The van der Waals surface area contributed by atoms with E-state index in [1.54, 1.807) is 0 Å².